The standard InChI is InChI=1S/C9H9NO2/c11-9(12)8-4-7(8)6-2-1-3-10-5-6/h1-3,5,7-8H,4H2,(H,11,12)/t7-,8+/m1/s1. The monoisotopic (exact) mass is 163 g/mol. The summed E-state index contributed by atoms with van der Waals surface area (Å²) < 4.78 is 0. The minimum absolute atomic E-state index is 0.172. The number of hydrogen-bond donors (Lipinski definition) is 1. The molecule has 1 heterocycles. The van der Waals surface area contributed by atoms with Gasteiger partial charge in [0.25, 0.3) is 0 Å². The molecule has 0 spiro atoms. The SMILES string of the molecule is O=C(O)[C@H]1C[C@@H]1c1cccnc1. The van der Waals surface area contributed by atoms with Gasteiger partial charge in [-0.1, -0.05) is 6.07 Å². The second kappa shape index (κ2) is 2.59. The molecule has 2 atom stereocenters. The first-order chi connectivity index (χ1) is 5.79. The van der Waals surface area contributed by atoms with Crippen LogP contribution in [0.25, 0.3) is 0 Å². The van der Waals surface area contributed by atoms with E-state index >= 15 is 0 Å². The fourth-order valence-corrected chi connectivity index (χ4v) is 1.43. The van der Waals surface area contributed by atoms with Crippen LogP contribution in [0.4, 0.5) is 0 Å². The van der Waals surface area contributed by atoms with Crippen LogP contribution in [0, 0.1) is 5.92 Å². The second-order valence-electron chi connectivity index (χ2n) is 3.07. The van der Waals surface area contributed by atoms with E-state index < -0.39 is 5.97 Å². The van der Waals surface area contributed by atoms with Crippen LogP contribution in [0.15, 0.2) is 24.5 Å². The lowest BCUT2D eigenvalue weighted by atomic mass is 10.1. The van der Waals surface area contributed by atoms with Crippen LogP contribution in [0.1, 0.15) is 17.9 Å². The third-order valence-corrected chi connectivity index (χ3v) is 2.22. The minimum atomic E-state index is -0.691. The molecule has 0 aliphatic heterocycles. The van der Waals surface area contributed by atoms with Crippen molar-refractivity contribution in [1.82, 2.24) is 4.98 Å². The molecule has 1 saturated carbocycles. The average molecular weight is 163 g/mol. The van der Waals surface area contributed by atoms with E-state index in [1.54, 1.807) is 12.4 Å². The third-order valence-electron chi connectivity index (χ3n) is 2.22. The van der Waals surface area contributed by atoms with Gasteiger partial charge in [0.15, 0.2) is 0 Å². The van der Waals surface area contributed by atoms with Gasteiger partial charge < -0.3 is 5.11 Å². The Labute approximate surface area is 70.1 Å². The largest absolute Gasteiger partial charge is 0.481 e. The zero-order valence-corrected chi connectivity index (χ0v) is 6.47. The van der Waals surface area contributed by atoms with E-state index in [9.17, 15) is 4.79 Å². The number of carbonyl (C=O) groups is 1. The fraction of sp³-hybridized carbons (Fsp3) is 0.333. The molecule has 3 nitrogen and oxygen atoms in total. The quantitative estimate of drug-likeness (QED) is 0.714. The van der Waals surface area contributed by atoms with Gasteiger partial charge in [-0.05, 0) is 24.0 Å². The zero-order chi connectivity index (χ0) is 8.55. The maximum Gasteiger partial charge on any atom is 0.307 e. The van der Waals surface area contributed by atoms with E-state index in [1.807, 2.05) is 12.1 Å². The molecule has 1 aromatic heterocycles. The zero-order valence-electron chi connectivity index (χ0n) is 6.47. The molecule has 1 N–H and O–H groups in total. The number of rotatable bonds is 2. The summed E-state index contributed by atoms with van der Waals surface area (Å²) in [5.41, 5.74) is 1.05. The summed E-state index contributed by atoms with van der Waals surface area (Å²) in [5, 5.41) is 8.66. The van der Waals surface area contributed by atoms with Crippen molar-refractivity contribution in [3.8, 4) is 0 Å². The Morgan fingerprint density at radius 1 is 1.67 bits per heavy atom. The van der Waals surface area contributed by atoms with Crippen molar-refractivity contribution in [3.63, 3.8) is 0 Å². The molecule has 0 amide bonds. The molecule has 0 bridgehead atoms. The van der Waals surface area contributed by atoms with Crippen LogP contribution in [0.2, 0.25) is 0 Å². The van der Waals surface area contributed by atoms with Crippen molar-refractivity contribution < 1.29 is 9.90 Å². The van der Waals surface area contributed by atoms with Crippen LogP contribution in [-0.4, -0.2) is 16.1 Å². The predicted octanol–water partition coefficient (Wildman–Crippen LogP) is 1.27. The molecule has 2 rings (SSSR count). The highest BCUT2D eigenvalue weighted by Gasteiger charge is 2.44. The number of hydrogen-bond acceptors (Lipinski definition) is 2. The molecular weight excluding hydrogens is 154 g/mol. The third kappa shape index (κ3) is 1.18. The van der Waals surface area contributed by atoms with Gasteiger partial charge in [-0.3, -0.25) is 9.78 Å². The summed E-state index contributed by atoms with van der Waals surface area (Å²) >= 11 is 0. The summed E-state index contributed by atoms with van der Waals surface area (Å²) in [6, 6.07) is 3.77. The fourth-order valence-electron chi connectivity index (χ4n) is 1.43. The molecule has 0 radical (unpaired) electrons. The summed E-state index contributed by atoms with van der Waals surface area (Å²) in [6.45, 7) is 0. The Hall–Kier alpha value is -1.38. The number of carboxylic acid groups (broad SMARTS) is 1. The lowest BCUT2D eigenvalue weighted by molar-refractivity contribution is -0.138. The van der Waals surface area contributed by atoms with Gasteiger partial charge in [0.1, 0.15) is 0 Å². The summed E-state index contributed by atoms with van der Waals surface area (Å²) in [4.78, 5) is 14.5. The Kier molecular flexibility index (Phi) is 1.57. The first-order valence-corrected chi connectivity index (χ1v) is 3.92. The predicted molar refractivity (Wildman–Crippen MR) is 42.7 cm³/mol. The Morgan fingerprint density at radius 2 is 2.50 bits per heavy atom. The first kappa shape index (κ1) is 7.28. The van der Waals surface area contributed by atoms with Gasteiger partial charge in [-0.2, -0.15) is 0 Å². The van der Waals surface area contributed by atoms with Gasteiger partial charge in [0.05, 0.1) is 5.92 Å². The molecule has 1 aliphatic carbocycles. The molecule has 0 unspecified atom stereocenters. The van der Waals surface area contributed by atoms with Gasteiger partial charge in [-0.15, -0.1) is 0 Å². The van der Waals surface area contributed by atoms with Crippen LogP contribution >= 0.6 is 0 Å². The Bertz CT molecular complexity index is 297. The molecule has 0 saturated heterocycles. The van der Waals surface area contributed by atoms with E-state index in [0.29, 0.717) is 0 Å². The van der Waals surface area contributed by atoms with Gasteiger partial charge in [0.2, 0.25) is 0 Å². The number of aliphatic carboxylic acids is 1. The van der Waals surface area contributed by atoms with Crippen LogP contribution < -0.4 is 0 Å². The van der Waals surface area contributed by atoms with E-state index in [2.05, 4.69) is 4.98 Å². The molecule has 1 aromatic rings. The molecule has 1 aliphatic rings. The van der Waals surface area contributed by atoms with Crippen molar-refractivity contribution in [2.45, 2.75) is 12.3 Å². The van der Waals surface area contributed by atoms with E-state index in [1.165, 1.54) is 0 Å². The number of carboxylic acids is 1. The van der Waals surface area contributed by atoms with Crippen molar-refractivity contribution in [2.75, 3.05) is 0 Å². The summed E-state index contributed by atoms with van der Waals surface area (Å²) in [7, 11) is 0. The summed E-state index contributed by atoms with van der Waals surface area (Å²) in [6.07, 6.45) is 4.20. The van der Waals surface area contributed by atoms with Crippen molar-refractivity contribution >= 4 is 5.97 Å². The molecule has 12 heavy (non-hydrogen) atoms. The molecular formula is C9H9NO2. The van der Waals surface area contributed by atoms with Crippen molar-refractivity contribution in [1.29, 1.82) is 0 Å². The van der Waals surface area contributed by atoms with E-state index in [0.717, 1.165) is 12.0 Å². The topological polar surface area (TPSA) is 50.2 Å². The molecule has 0 aromatic carbocycles. The maximum absolute atomic E-state index is 10.5. The normalized spacial score (nSPS) is 26.7. The number of nitrogens with zero attached hydrogens (tertiary/aromatic N) is 1. The number of aromatic nitrogens is 1. The van der Waals surface area contributed by atoms with Crippen LogP contribution in [0.3, 0.4) is 0 Å². The van der Waals surface area contributed by atoms with Crippen molar-refractivity contribution in [2.24, 2.45) is 5.92 Å². The Balaban J connectivity index is 2.11. The first-order valence-electron chi connectivity index (χ1n) is 3.92. The van der Waals surface area contributed by atoms with E-state index in [-0.39, 0.29) is 11.8 Å². The smallest absolute Gasteiger partial charge is 0.307 e. The highest BCUT2D eigenvalue weighted by atomic mass is 16.4. The van der Waals surface area contributed by atoms with Crippen molar-refractivity contribution in [3.05, 3.63) is 30.1 Å². The maximum atomic E-state index is 10.5. The average Bonchev–Trinajstić information content (AvgIpc) is 2.84. The lowest BCUT2D eigenvalue weighted by Crippen LogP contribution is -1.98. The lowest BCUT2D eigenvalue weighted by Gasteiger charge is -1.94. The van der Waals surface area contributed by atoms with Gasteiger partial charge in [-0.25, -0.2) is 0 Å². The number of pyridine rings is 1. The Morgan fingerprint density at radius 3 is 3.00 bits per heavy atom. The summed E-state index contributed by atoms with van der Waals surface area (Å²) in [5.74, 6) is -0.658. The second-order valence-corrected chi connectivity index (χ2v) is 3.07. The highest BCUT2D eigenvalue weighted by molar-refractivity contribution is 5.75. The van der Waals surface area contributed by atoms with Gasteiger partial charge in [0, 0.05) is 12.4 Å². The molecule has 62 valence electrons. The van der Waals surface area contributed by atoms with Gasteiger partial charge >= 0.3 is 5.97 Å². The van der Waals surface area contributed by atoms with Crippen LogP contribution in [-0.2, 0) is 4.79 Å². The minimum Gasteiger partial charge on any atom is -0.481 e. The van der Waals surface area contributed by atoms with Crippen LogP contribution in [0.5, 0.6) is 0 Å². The van der Waals surface area contributed by atoms with E-state index in [4.69, 9.17) is 5.11 Å². The molecule has 3 heteroatoms. The molecule has 1 fully saturated rings. The highest BCUT2D eigenvalue weighted by Crippen LogP contribution is 2.47.